The van der Waals surface area contributed by atoms with Gasteiger partial charge in [-0.05, 0) is 12.8 Å². The molecule has 0 bridgehead atoms. The average Bonchev–Trinajstić information content (AvgIpc) is 3.14. The lowest BCUT2D eigenvalue weighted by molar-refractivity contribution is -0.152. The van der Waals surface area contributed by atoms with Crippen LogP contribution in [0.4, 0.5) is 5.82 Å². The van der Waals surface area contributed by atoms with Crippen molar-refractivity contribution in [3.8, 4) is 0 Å². The van der Waals surface area contributed by atoms with Gasteiger partial charge in [-0.15, -0.1) is 0 Å². The summed E-state index contributed by atoms with van der Waals surface area (Å²) in [7, 11) is 0. The fourth-order valence-electron chi connectivity index (χ4n) is 1.81. The number of ketones is 1. The summed E-state index contributed by atoms with van der Waals surface area (Å²) in [5.41, 5.74) is 1.11. The Labute approximate surface area is 108 Å². The molecule has 0 spiro atoms. The van der Waals surface area contributed by atoms with Crippen LogP contribution in [-0.2, 0) is 19.1 Å². The van der Waals surface area contributed by atoms with Crippen molar-refractivity contribution in [3.05, 3.63) is 23.4 Å². The Hall–Kier alpha value is -2.44. The summed E-state index contributed by atoms with van der Waals surface area (Å²) in [5.74, 6) is -1.34. The van der Waals surface area contributed by atoms with Crippen LogP contribution in [0, 0.1) is 0 Å². The number of hydrogen-bond donors (Lipinski definition) is 2. The van der Waals surface area contributed by atoms with E-state index in [4.69, 9.17) is 0 Å². The number of aromatic nitrogens is 2. The van der Waals surface area contributed by atoms with E-state index in [-0.39, 0.29) is 12.2 Å². The second-order valence-electron chi connectivity index (χ2n) is 4.55. The molecular weight excluding hydrogens is 250 g/mol. The van der Waals surface area contributed by atoms with Crippen molar-refractivity contribution in [1.82, 2.24) is 10.2 Å². The number of cyclic esters (lactones) is 1. The first-order chi connectivity index (χ1) is 9.13. The number of H-pyrrole nitrogens is 1. The quantitative estimate of drug-likeness (QED) is 0.601. The number of nitrogens with zero attached hydrogens (tertiary/aromatic N) is 1. The van der Waals surface area contributed by atoms with Gasteiger partial charge in [0.05, 0.1) is 5.57 Å². The van der Waals surface area contributed by atoms with Crippen molar-refractivity contribution in [2.24, 2.45) is 0 Å². The van der Waals surface area contributed by atoms with Gasteiger partial charge in [0.15, 0.2) is 5.82 Å². The van der Waals surface area contributed by atoms with Gasteiger partial charge in [-0.2, -0.15) is 5.10 Å². The number of nitrogens with one attached hydrogen (secondary N) is 2. The summed E-state index contributed by atoms with van der Waals surface area (Å²) in [4.78, 5) is 33.8. The Balaban J connectivity index is 1.68. The zero-order valence-corrected chi connectivity index (χ0v) is 9.93. The van der Waals surface area contributed by atoms with E-state index in [2.05, 4.69) is 20.3 Å². The minimum atomic E-state index is -0.938. The maximum absolute atomic E-state index is 11.8. The molecule has 1 aromatic heterocycles. The van der Waals surface area contributed by atoms with Gasteiger partial charge >= 0.3 is 5.97 Å². The molecule has 1 amide bonds. The molecule has 1 aromatic rings. The van der Waals surface area contributed by atoms with Gasteiger partial charge in [0.1, 0.15) is 6.61 Å². The molecule has 2 N–H and O–H groups in total. The molecule has 98 valence electrons. The van der Waals surface area contributed by atoms with Crippen molar-refractivity contribution in [3.63, 3.8) is 0 Å². The van der Waals surface area contributed by atoms with Crippen molar-refractivity contribution in [2.45, 2.75) is 18.8 Å². The van der Waals surface area contributed by atoms with Gasteiger partial charge in [0.25, 0.3) is 11.7 Å². The van der Waals surface area contributed by atoms with Crippen LogP contribution < -0.4 is 5.32 Å². The van der Waals surface area contributed by atoms with Gasteiger partial charge < -0.3 is 10.1 Å². The van der Waals surface area contributed by atoms with Crippen LogP contribution in [0.2, 0.25) is 0 Å². The SMILES string of the molecule is O=C1C=C(C(=O)Nc2cc(C3CC3)[nH]n2)COC1=O. The number of hydrogen-bond acceptors (Lipinski definition) is 5. The van der Waals surface area contributed by atoms with E-state index in [1.54, 1.807) is 6.07 Å². The molecule has 7 nitrogen and oxygen atoms in total. The highest BCUT2D eigenvalue weighted by Crippen LogP contribution is 2.39. The second-order valence-corrected chi connectivity index (χ2v) is 4.55. The second kappa shape index (κ2) is 4.34. The normalized spacial score (nSPS) is 18.8. The third-order valence-electron chi connectivity index (χ3n) is 3.01. The predicted molar refractivity (Wildman–Crippen MR) is 63.2 cm³/mol. The Bertz CT molecular complexity index is 598. The monoisotopic (exact) mass is 261 g/mol. The van der Waals surface area contributed by atoms with Gasteiger partial charge in [-0.3, -0.25) is 14.7 Å². The van der Waals surface area contributed by atoms with E-state index in [9.17, 15) is 14.4 Å². The molecule has 0 radical (unpaired) electrons. The first-order valence-electron chi connectivity index (χ1n) is 5.92. The van der Waals surface area contributed by atoms with Gasteiger partial charge in [0.2, 0.25) is 0 Å². The number of carbonyl (C=O) groups is 3. The molecule has 0 unspecified atom stereocenters. The highest BCUT2D eigenvalue weighted by atomic mass is 16.5. The lowest BCUT2D eigenvalue weighted by atomic mass is 10.1. The highest BCUT2D eigenvalue weighted by molar-refractivity contribution is 6.40. The zero-order chi connectivity index (χ0) is 13.4. The maximum Gasteiger partial charge on any atom is 0.379 e. The summed E-state index contributed by atoms with van der Waals surface area (Å²) < 4.78 is 4.57. The molecule has 1 fully saturated rings. The Morgan fingerprint density at radius 3 is 2.89 bits per heavy atom. The fourth-order valence-corrected chi connectivity index (χ4v) is 1.81. The first-order valence-corrected chi connectivity index (χ1v) is 5.92. The number of carbonyl (C=O) groups excluding carboxylic acids is 3. The van der Waals surface area contributed by atoms with E-state index in [1.165, 1.54) is 0 Å². The fraction of sp³-hybridized carbons (Fsp3) is 0.333. The van der Waals surface area contributed by atoms with E-state index < -0.39 is 17.7 Å². The average molecular weight is 261 g/mol. The number of rotatable bonds is 3. The molecule has 1 aliphatic heterocycles. The predicted octanol–water partition coefficient (Wildman–Crippen LogP) is 0.278. The van der Waals surface area contributed by atoms with Crippen molar-refractivity contribution < 1.29 is 19.1 Å². The minimum absolute atomic E-state index is 0.112. The van der Waals surface area contributed by atoms with Gasteiger partial charge in [-0.1, -0.05) is 0 Å². The summed E-state index contributed by atoms with van der Waals surface area (Å²) in [5, 5.41) is 9.38. The van der Waals surface area contributed by atoms with Crippen molar-refractivity contribution >= 4 is 23.5 Å². The first kappa shape index (κ1) is 11.6. The smallest absolute Gasteiger partial charge is 0.379 e. The summed E-state index contributed by atoms with van der Waals surface area (Å²) in [6.07, 6.45) is 3.26. The van der Waals surface area contributed by atoms with E-state index in [1.807, 2.05) is 0 Å². The Morgan fingerprint density at radius 1 is 1.42 bits per heavy atom. The van der Waals surface area contributed by atoms with Crippen LogP contribution in [-0.4, -0.2) is 34.5 Å². The van der Waals surface area contributed by atoms with Crippen molar-refractivity contribution in [2.75, 3.05) is 11.9 Å². The minimum Gasteiger partial charge on any atom is -0.455 e. The van der Waals surface area contributed by atoms with E-state index in [0.717, 1.165) is 24.6 Å². The number of esters is 1. The number of ether oxygens (including phenoxy) is 1. The van der Waals surface area contributed by atoms with E-state index >= 15 is 0 Å². The highest BCUT2D eigenvalue weighted by Gasteiger charge is 2.27. The molecule has 2 heterocycles. The molecule has 1 aliphatic carbocycles. The topological polar surface area (TPSA) is 101 Å². The summed E-state index contributed by atoms with van der Waals surface area (Å²) >= 11 is 0. The maximum atomic E-state index is 11.8. The molecule has 0 saturated heterocycles. The van der Waals surface area contributed by atoms with Crippen LogP contribution in [0.5, 0.6) is 0 Å². The molecule has 2 aliphatic rings. The summed E-state index contributed by atoms with van der Waals surface area (Å²) in [6, 6.07) is 1.77. The van der Waals surface area contributed by atoms with E-state index in [0.29, 0.717) is 11.7 Å². The van der Waals surface area contributed by atoms with Crippen LogP contribution >= 0.6 is 0 Å². The van der Waals surface area contributed by atoms with Crippen LogP contribution in [0.3, 0.4) is 0 Å². The zero-order valence-electron chi connectivity index (χ0n) is 9.93. The lowest BCUT2D eigenvalue weighted by Gasteiger charge is -2.11. The van der Waals surface area contributed by atoms with Gasteiger partial charge in [0, 0.05) is 23.8 Å². The van der Waals surface area contributed by atoms with Gasteiger partial charge in [-0.25, -0.2) is 4.79 Å². The number of aromatic amines is 1. The molecular formula is C12H11N3O4. The molecule has 0 atom stereocenters. The molecule has 19 heavy (non-hydrogen) atoms. The Kier molecular flexibility index (Phi) is 2.66. The van der Waals surface area contributed by atoms with Crippen molar-refractivity contribution in [1.29, 1.82) is 0 Å². The number of amides is 1. The molecule has 3 rings (SSSR count). The van der Waals surface area contributed by atoms with Crippen LogP contribution in [0.1, 0.15) is 24.5 Å². The molecule has 1 saturated carbocycles. The largest absolute Gasteiger partial charge is 0.455 e. The third kappa shape index (κ3) is 2.40. The molecule has 0 aromatic carbocycles. The Morgan fingerprint density at radius 2 is 2.21 bits per heavy atom. The third-order valence-corrected chi connectivity index (χ3v) is 3.01. The lowest BCUT2D eigenvalue weighted by Crippen LogP contribution is -2.28. The standard InChI is InChI=1S/C12H11N3O4/c16-9-3-7(5-19-12(9)18)11(17)13-10-4-8(14-15-10)6-1-2-6/h3-4,6H,1-2,5H2,(H2,13,14,15,17). The van der Waals surface area contributed by atoms with Crippen LogP contribution in [0.15, 0.2) is 17.7 Å². The molecule has 7 heteroatoms. The summed E-state index contributed by atoms with van der Waals surface area (Å²) in [6.45, 7) is -0.198. The number of anilines is 1. The van der Waals surface area contributed by atoms with Crippen LogP contribution in [0.25, 0.3) is 0 Å².